The zero-order valence-electron chi connectivity index (χ0n) is 24.7. The molecule has 0 amide bonds. The van der Waals surface area contributed by atoms with Crippen LogP contribution < -0.4 is 16.2 Å². The lowest BCUT2D eigenvalue weighted by molar-refractivity contribution is 0.418. The van der Waals surface area contributed by atoms with Gasteiger partial charge in [0.2, 0.25) is 0 Å². The summed E-state index contributed by atoms with van der Waals surface area (Å²) >= 11 is 0. The topological polar surface area (TPSA) is 87.0 Å². The molecule has 5 aromatic carbocycles. The molecular weight excluding hydrogens is 540 g/mol. The second-order valence-electron chi connectivity index (χ2n) is 11.5. The van der Waals surface area contributed by atoms with E-state index in [1.165, 1.54) is 0 Å². The first kappa shape index (κ1) is 27.2. The molecule has 5 heteroatoms. The van der Waals surface area contributed by atoms with Crippen LogP contribution in [0.4, 0.5) is 0 Å². The second-order valence-corrected chi connectivity index (χ2v) is 11.5. The van der Waals surface area contributed by atoms with Crippen molar-refractivity contribution in [2.75, 3.05) is 0 Å². The summed E-state index contributed by atoms with van der Waals surface area (Å²) in [7, 11) is 0. The number of nitrogens with zero attached hydrogens (tertiary/aromatic N) is 2. The molecule has 0 fully saturated rings. The summed E-state index contributed by atoms with van der Waals surface area (Å²) in [4.78, 5) is 10.3. The lowest BCUT2D eigenvalue weighted by Crippen LogP contribution is -2.24. The third-order valence-corrected chi connectivity index (χ3v) is 8.33. The van der Waals surface area contributed by atoms with E-state index < -0.39 is 0 Å². The quantitative estimate of drug-likeness (QED) is 0.202. The molecule has 1 aliphatic rings. The monoisotopic (exact) mass is 572 g/mol. The molecule has 0 spiro atoms. The first-order chi connectivity index (χ1) is 21.4. The second kappa shape index (κ2) is 10.9. The average Bonchev–Trinajstić information content (AvgIpc) is 3.07. The van der Waals surface area contributed by atoms with E-state index in [-0.39, 0.29) is 5.41 Å². The average molecular weight is 573 g/mol. The Kier molecular flexibility index (Phi) is 6.71. The van der Waals surface area contributed by atoms with E-state index in [4.69, 9.17) is 26.2 Å². The molecule has 0 saturated carbocycles. The zero-order chi connectivity index (χ0) is 30.3. The van der Waals surface area contributed by atoms with Gasteiger partial charge in [-0.2, -0.15) is 0 Å². The Morgan fingerprint density at radius 2 is 1.32 bits per heavy atom. The maximum atomic E-state index is 6.87. The molecule has 0 unspecified atom stereocenters. The van der Waals surface area contributed by atoms with Crippen LogP contribution in [0.25, 0.3) is 44.9 Å². The number of nitrogens with two attached hydrogens (primary N) is 2. The van der Waals surface area contributed by atoms with E-state index in [1.807, 2.05) is 103 Å². The van der Waals surface area contributed by atoms with Gasteiger partial charge in [0.1, 0.15) is 11.5 Å². The maximum Gasteiger partial charge on any atom is 0.161 e. The number of hydrogen-bond acceptors (Lipinski definition) is 5. The Hall–Kier alpha value is -5.68. The highest BCUT2D eigenvalue weighted by atomic mass is 16.5. The fourth-order valence-electron chi connectivity index (χ4n) is 5.92. The largest absolute Gasteiger partial charge is 0.457 e. The number of rotatable bonds is 5. The predicted octanol–water partition coefficient (Wildman–Crippen LogP) is 8.69. The minimum atomic E-state index is -0.327. The molecule has 0 atom stereocenters. The Labute approximate surface area is 257 Å². The standard InChI is InChI=1S/C39H32N4O/c1-39(2)30-18-10-12-20-35(30)44-36-24-28(33(41)22-21-32(40)25-13-5-3-6-14-25)29(23-31(36)39)38-42-34-19-11-9-17-27(34)37(43-38)26-15-7-4-8-16-26/h3-24H,40-41H2,1-2H3/b32-21-,33-22-. The molecule has 214 valence electrons. The van der Waals surface area contributed by atoms with Crippen molar-refractivity contribution in [1.29, 1.82) is 0 Å². The molecule has 1 aliphatic heterocycles. The van der Waals surface area contributed by atoms with E-state index >= 15 is 0 Å². The summed E-state index contributed by atoms with van der Waals surface area (Å²) in [5.74, 6) is 2.19. The van der Waals surface area contributed by atoms with Gasteiger partial charge >= 0.3 is 0 Å². The van der Waals surface area contributed by atoms with Crippen LogP contribution in [0, 0.1) is 0 Å². The number of ether oxygens (including phenoxy) is 1. The normalized spacial score (nSPS) is 14.0. The van der Waals surface area contributed by atoms with Crippen molar-refractivity contribution in [2.24, 2.45) is 11.5 Å². The number of allylic oxidation sites excluding steroid dienone is 2. The van der Waals surface area contributed by atoms with Crippen molar-refractivity contribution in [3.63, 3.8) is 0 Å². The van der Waals surface area contributed by atoms with Crippen LogP contribution in [0.3, 0.4) is 0 Å². The highest BCUT2D eigenvalue weighted by Gasteiger charge is 2.35. The summed E-state index contributed by atoms with van der Waals surface area (Å²) in [6.45, 7) is 4.44. The maximum absolute atomic E-state index is 6.87. The molecule has 5 nitrogen and oxygen atoms in total. The van der Waals surface area contributed by atoms with Crippen molar-refractivity contribution in [2.45, 2.75) is 19.3 Å². The Morgan fingerprint density at radius 1 is 0.659 bits per heavy atom. The van der Waals surface area contributed by atoms with Gasteiger partial charge in [0.25, 0.3) is 0 Å². The zero-order valence-corrected chi connectivity index (χ0v) is 24.7. The molecule has 0 radical (unpaired) electrons. The van der Waals surface area contributed by atoms with Gasteiger partial charge < -0.3 is 16.2 Å². The highest BCUT2D eigenvalue weighted by molar-refractivity contribution is 5.94. The smallest absolute Gasteiger partial charge is 0.161 e. The van der Waals surface area contributed by atoms with Gasteiger partial charge in [-0.05, 0) is 42.0 Å². The van der Waals surface area contributed by atoms with Gasteiger partial charge in [0.15, 0.2) is 5.82 Å². The minimum Gasteiger partial charge on any atom is -0.457 e. The number of aromatic nitrogens is 2. The number of hydrogen-bond donors (Lipinski definition) is 2. The van der Waals surface area contributed by atoms with E-state index in [9.17, 15) is 0 Å². The third-order valence-electron chi connectivity index (χ3n) is 8.33. The Morgan fingerprint density at radius 3 is 2.11 bits per heavy atom. The lowest BCUT2D eigenvalue weighted by atomic mass is 9.74. The molecule has 6 aromatic rings. The first-order valence-electron chi connectivity index (χ1n) is 14.7. The van der Waals surface area contributed by atoms with Gasteiger partial charge in [-0.3, -0.25) is 0 Å². The van der Waals surface area contributed by atoms with Crippen LogP contribution in [-0.2, 0) is 5.41 Å². The summed E-state index contributed by atoms with van der Waals surface area (Å²) in [6, 6.07) is 40.5. The van der Waals surface area contributed by atoms with Crippen LogP contribution >= 0.6 is 0 Å². The van der Waals surface area contributed by atoms with Gasteiger partial charge in [-0.25, -0.2) is 9.97 Å². The van der Waals surface area contributed by atoms with Crippen molar-refractivity contribution in [3.8, 4) is 34.1 Å². The van der Waals surface area contributed by atoms with Crippen molar-refractivity contribution < 1.29 is 4.74 Å². The predicted molar refractivity (Wildman–Crippen MR) is 180 cm³/mol. The van der Waals surface area contributed by atoms with Crippen molar-refractivity contribution in [3.05, 3.63) is 156 Å². The summed E-state index contributed by atoms with van der Waals surface area (Å²) in [5, 5.41) is 0.988. The molecule has 1 aromatic heterocycles. The molecule has 44 heavy (non-hydrogen) atoms. The van der Waals surface area contributed by atoms with E-state index in [1.54, 1.807) is 0 Å². The number of benzene rings is 5. The van der Waals surface area contributed by atoms with E-state index in [2.05, 4.69) is 44.2 Å². The molecule has 4 N–H and O–H groups in total. The molecule has 0 aliphatic carbocycles. The van der Waals surface area contributed by atoms with E-state index in [0.29, 0.717) is 17.2 Å². The molecular formula is C39H32N4O. The van der Waals surface area contributed by atoms with Gasteiger partial charge in [0, 0.05) is 50.0 Å². The summed E-state index contributed by atoms with van der Waals surface area (Å²) in [6.07, 6.45) is 3.68. The minimum absolute atomic E-state index is 0.327. The highest BCUT2D eigenvalue weighted by Crippen LogP contribution is 2.50. The van der Waals surface area contributed by atoms with Gasteiger partial charge in [-0.1, -0.05) is 111 Å². The summed E-state index contributed by atoms with van der Waals surface area (Å²) < 4.78 is 6.49. The van der Waals surface area contributed by atoms with Crippen LogP contribution in [0.2, 0.25) is 0 Å². The van der Waals surface area contributed by atoms with Crippen LogP contribution in [0.5, 0.6) is 11.5 Å². The molecule has 0 bridgehead atoms. The van der Waals surface area contributed by atoms with Gasteiger partial charge in [0.05, 0.1) is 11.2 Å². The third kappa shape index (κ3) is 4.78. The lowest BCUT2D eigenvalue weighted by Gasteiger charge is -2.35. The number of fused-ring (bicyclic) bond motifs is 3. The first-order valence-corrected chi connectivity index (χ1v) is 14.7. The van der Waals surface area contributed by atoms with E-state index in [0.717, 1.165) is 61.5 Å². The van der Waals surface area contributed by atoms with Crippen molar-refractivity contribution in [1.82, 2.24) is 9.97 Å². The van der Waals surface area contributed by atoms with Gasteiger partial charge in [-0.15, -0.1) is 0 Å². The fourth-order valence-corrected chi connectivity index (χ4v) is 5.92. The summed E-state index contributed by atoms with van der Waals surface area (Å²) in [5.41, 5.74) is 21.5. The molecule has 7 rings (SSSR count). The molecule has 0 saturated heterocycles. The van der Waals surface area contributed by atoms with Crippen LogP contribution in [-0.4, -0.2) is 9.97 Å². The van der Waals surface area contributed by atoms with Crippen LogP contribution in [0.15, 0.2) is 133 Å². The Balaban J connectivity index is 1.47. The van der Waals surface area contributed by atoms with Crippen LogP contribution in [0.1, 0.15) is 36.1 Å². The SMILES string of the molecule is CC1(C)c2ccccc2Oc2cc(/C(N)=C/C=C(\N)c3ccccc3)c(-c3nc(-c4ccccc4)c4ccccc4n3)cc21. The number of para-hydroxylation sites is 2. The molecule has 2 heterocycles. The Bertz CT molecular complexity index is 2080. The van der Waals surface area contributed by atoms with Crippen molar-refractivity contribution >= 4 is 22.3 Å². The fraction of sp³-hybridized carbons (Fsp3) is 0.0769.